The fraction of sp³-hybridized carbons (Fsp3) is 0.677. The second kappa shape index (κ2) is 58.6. The van der Waals surface area contributed by atoms with Gasteiger partial charge in [0.25, 0.3) is 0 Å². The van der Waals surface area contributed by atoms with Gasteiger partial charge in [-0.3, -0.25) is 14.4 Å². The van der Waals surface area contributed by atoms with Gasteiger partial charge in [-0.1, -0.05) is 252 Å². The van der Waals surface area contributed by atoms with Crippen molar-refractivity contribution in [1.29, 1.82) is 0 Å². The molecule has 1 unspecified atom stereocenters. The van der Waals surface area contributed by atoms with E-state index in [9.17, 15) is 14.4 Å². The number of hydrogen-bond donors (Lipinski definition) is 0. The van der Waals surface area contributed by atoms with E-state index in [1.165, 1.54) is 96.3 Å². The van der Waals surface area contributed by atoms with Gasteiger partial charge >= 0.3 is 17.9 Å². The van der Waals surface area contributed by atoms with Crippen LogP contribution < -0.4 is 0 Å². The summed E-state index contributed by atoms with van der Waals surface area (Å²) in [5.41, 5.74) is 0. The minimum absolute atomic E-state index is 0.0808. The SMILES string of the molecule is CC/C=C\C/C=C\C/C=C\C/C=C\C/C=C\C/C=C\C/C=C\C/C=C\CCCCCCCCCCCCC(=O)OCC(COC(=O)CCCCCCCCCC)OC(=O)CCCCCCC/C=C\CCC. The smallest absolute Gasteiger partial charge is 0.306 e. The lowest BCUT2D eigenvalue weighted by molar-refractivity contribution is -0.167. The van der Waals surface area contributed by atoms with Crippen LogP contribution in [0.4, 0.5) is 0 Å². The number of allylic oxidation sites excluding steroid dienone is 18. The molecule has 0 bridgehead atoms. The van der Waals surface area contributed by atoms with Crippen molar-refractivity contribution < 1.29 is 28.6 Å². The van der Waals surface area contributed by atoms with Crippen LogP contribution in [0.5, 0.6) is 0 Å². The van der Waals surface area contributed by atoms with E-state index in [1.54, 1.807) is 0 Å². The molecule has 0 aromatic heterocycles. The quantitative estimate of drug-likeness (QED) is 0.0261. The number of carbonyl (C=O) groups excluding carboxylic acids is 3. The molecule has 404 valence electrons. The fourth-order valence-corrected chi connectivity index (χ4v) is 7.87. The third-order valence-electron chi connectivity index (χ3n) is 12.2. The average Bonchev–Trinajstić information content (AvgIpc) is 3.37. The Hall–Kier alpha value is -3.93. The Balaban J connectivity index is 4.05. The number of unbranched alkanes of at least 4 members (excludes halogenated alkanes) is 23. The van der Waals surface area contributed by atoms with Crippen LogP contribution in [0.25, 0.3) is 0 Å². The van der Waals surface area contributed by atoms with Gasteiger partial charge in [-0.2, -0.15) is 0 Å². The van der Waals surface area contributed by atoms with Crippen molar-refractivity contribution in [3.05, 3.63) is 109 Å². The van der Waals surface area contributed by atoms with Crippen molar-refractivity contribution >= 4 is 17.9 Å². The van der Waals surface area contributed by atoms with Crippen molar-refractivity contribution in [2.45, 2.75) is 271 Å². The second-order valence-electron chi connectivity index (χ2n) is 19.2. The second-order valence-corrected chi connectivity index (χ2v) is 19.2. The average molecular weight is 986 g/mol. The summed E-state index contributed by atoms with van der Waals surface area (Å²) < 4.78 is 16.7. The lowest BCUT2D eigenvalue weighted by Crippen LogP contribution is -2.30. The summed E-state index contributed by atoms with van der Waals surface area (Å²) in [6, 6.07) is 0. The maximum atomic E-state index is 12.7. The van der Waals surface area contributed by atoms with E-state index in [1.807, 2.05) is 0 Å². The van der Waals surface area contributed by atoms with Crippen LogP contribution in [0.2, 0.25) is 0 Å². The Morgan fingerprint density at radius 1 is 0.296 bits per heavy atom. The van der Waals surface area contributed by atoms with E-state index >= 15 is 0 Å². The van der Waals surface area contributed by atoms with Gasteiger partial charge in [-0.25, -0.2) is 0 Å². The van der Waals surface area contributed by atoms with Crippen LogP contribution in [0, 0.1) is 0 Å². The van der Waals surface area contributed by atoms with Gasteiger partial charge in [0.15, 0.2) is 6.10 Å². The van der Waals surface area contributed by atoms with Crippen LogP contribution >= 0.6 is 0 Å². The van der Waals surface area contributed by atoms with E-state index in [4.69, 9.17) is 14.2 Å². The van der Waals surface area contributed by atoms with E-state index in [2.05, 4.69) is 130 Å². The number of rotatable bonds is 52. The molecule has 6 heteroatoms. The zero-order valence-corrected chi connectivity index (χ0v) is 46.2. The van der Waals surface area contributed by atoms with Crippen molar-refractivity contribution in [3.63, 3.8) is 0 Å². The third-order valence-corrected chi connectivity index (χ3v) is 12.2. The van der Waals surface area contributed by atoms with E-state index in [0.717, 1.165) is 128 Å². The van der Waals surface area contributed by atoms with Crippen molar-refractivity contribution in [2.24, 2.45) is 0 Å². The molecule has 0 saturated heterocycles. The van der Waals surface area contributed by atoms with Gasteiger partial charge in [0, 0.05) is 19.3 Å². The highest BCUT2D eigenvalue weighted by Gasteiger charge is 2.19. The largest absolute Gasteiger partial charge is 0.462 e. The molecule has 71 heavy (non-hydrogen) atoms. The van der Waals surface area contributed by atoms with Crippen molar-refractivity contribution in [3.8, 4) is 0 Å². The first-order valence-corrected chi connectivity index (χ1v) is 29.4. The van der Waals surface area contributed by atoms with E-state index < -0.39 is 6.10 Å². The molecule has 0 heterocycles. The van der Waals surface area contributed by atoms with Gasteiger partial charge < -0.3 is 14.2 Å². The first-order chi connectivity index (χ1) is 35.0. The first-order valence-electron chi connectivity index (χ1n) is 29.4. The Morgan fingerprint density at radius 2 is 0.577 bits per heavy atom. The number of hydrogen-bond acceptors (Lipinski definition) is 6. The van der Waals surface area contributed by atoms with Gasteiger partial charge in [0.2, 0.25) is 0 Å². The lowest BCUT2D eigenvalue weighted by Gasteiger charge is -2.18. The van der Waals surface area contributed by atoms with Crippen LogP contribution in [0.1, 0.15) is 265 Å². The molecule has 0 N–H and O–H groups in total. The summed E-state index contributed by atoms with van der Waals surface area (Å²) in [6.45, 7) is 6.42. The van der Waals surface area contributed by atoms with Gasteiger partial charge in [0.05, 0.1) is 0 Å². The maximum absolute atomic E-state index is 12.7. The summed E-state index contributed by atoms with van der Waals surface area (Å²) in [4.78, 5) is 37.8. The van der Waals surface area contributed by atoms with Crippen molar-refractivity contribution in [1.82, 2.24) is 0 Å². The number of ether oxygens (including phenoxy) is 3. The van der Waals surface area contributed by atoms with Gasteiger partial charge in [-0.15, -0.1) is 0 Å². The summed E-state index contributed by atoms with van der Waals surface area (Å²) in [5, 5.41) is 0. The molecule has 1 atom stereocenters. The topological polar surface area (TPSA) is 78.9 Å². The molecule has 0 spiro atoms. The fourth-order valence-electron chi connectivity index (χ4n) is 7.87. The van der Waals surface area contributed by atoms with Crippen LogP contribution in [-0.4, -0.2) is 37.2 Å². The number of esters is 3. The molecule has 0 fully saturated rings. The molecule has 0 saturated carbocycles. The lowest BCUT2D eigenvalue weighted by atomic mass is 10.1. The monoisotopic (exact) mass is 985 g/mol. The molecule has 6 nitrogen and oxygen atoms in total. The minimum Gasteiger partial charge on any atom is -0.462 e. The number of carbonyl (C=O) groups is 3. The Labute approximate surface area is 438 Å². The summed E-state index contributed by atoms with van der Waals surface area (Å²) in [6.07, 6.45) is 79.7. The molecule has 0 amide bonds. The van der Waals surface area contributed by atoms with Crippen molar-refractivity contribution in [2.75, 3.05) is 13.2 Å². The minimum atomic E-state index is -0.779. The standard InChI is InChI=1S/C65H108O6/c1-4-7-10-13-16-19-21-22-23-24-25-26-27-28-29-30-31-32-33-34-35-36-37-38-39-40-41-42-43-44-45-47-49-52-55-58-64(67)70-61-62(60-69-63(66)57-54-51-48-18-15-12-9-6-3)71-65(68)59-56-53-50-46-20-17-14-11-8-5-2/h7,10-11,14,16,19,22-23,25-26,28-29,31-32,34-35,37-38,62H,4-6,8-9,12-13,15,17-18,20-21,24,27,30,33,36,39-61H2,1-3H3/b10-7-,14-11-,19-16-,23-22-,26-25-,29-28-,32-31-,35-34-,38-37-. The molecule has 0 rings (SSSR count). The van der Waals surface area contributed by atoms with E-state index in [-0.39, 0.29) is 31.1 Å². The summed E-state index contributed by atoms with van der Waals surface area (Å²) in [5.74, 6) is -0.902. The highest BCUT2D eigenvalue weighted by molar-refractivity contribution is 5.71. The molecule has 0 radical (unpaired) electrons. The highest BCUT2D eigenvalue weighted by Crippen LogP contribution is 2.15. The van der Waals surface area contributed by atoms with Crippen LogP contribution in [0.15, 0.2) is 109 Å². The predicted molar refractivity (Wildman–Crippen MR) is 307 cm³/mol. The summed E-state index contributed by atoms with van der Waals surface area (Å²) in [7, 11) is 0. The predicted octanol–water partition coefficient (Wildman–Crippen LogP) is 19.9. The molecule has 0 aromatic carbocycles. The van der Waals surface area contributed by atoms with Crippen LogP contribution in [0.3, 0.4) is 0 Å². The zero-order chi connectivity index (χ0) is 51.4. The maximum Gasteiger partial charge on any atom is 0.306 e. The molecule has 0 aliphatic heterocycles. The van der Waals surface area contributed by atoms with E-state index in [0.29, 0.717) is 19.3 Å². The normalized spacial score (nSPS) is 12.9. The molecular weight excluding hydrogens is 877 g/mol. The first kappa shape index (κ1) is 67.1. The molecule has 0 aliphatic carbocycles. The molecule has 0 aromatic rings. The van der Waals surface area contributed by atoms with Gasteiger partial charge in [0.1, 0.15) is 13.2 Å². The Kier molecular flexibility index (Phi) is 55.4. The zero-order valence-electron chi connectivity index (χ0n) is 46.2. The van der Waals surface area contributed by atoms with Gasteiger partial charge in [-0.05, 0) is 103 Å². The Morgan fingerprint density at radius 3 is 0.930 bits per heavy atom. The molecule has 0 aliphatic rings. The van der Waals surface area contributed by atoms with Crippen LogP contribution in [-0.2, 0) is 28.6 Å². The highest BCUT2D eigenvalue weighted by atomic mass is 16.6. The Bertz CT molecular complexity index is 1460. The summed E-state index contributed by atoms with van der Waals surface area (Å²) >= 11 is 0. The molecular formula is C65H108O6. The third kappa shape index (κ3) is 56.9.